The number of unbranched alkanes of at least 4 members (excludes halogenated alkanes) is 33. The molecule has 0 spiro atoms. The van der Waals surface area contributed by atoms with E-state index in [1.54, 1.807) is 6.08 Å². The van der Waals surface area contributed by atoms with E-state index < -0.39 is 26.6 Å². The summed E-state index contributed by atoms with van der Waals surface area (Å²) >= 11 is 0. The Hall–Kier alpha value is -1.28. The van der Waals surface area contributed by atoms with Gasteiger partial charge in [0.2, 0.25) is 5.91 Å². The number of hydrogen-bond acceptors (Lipinski definition) is 6. The maximum Gasteiger partial charge on any atom is 0.268 e. The molecule has 9 heteroatoms. The summed E-state index contributed by atoms with van der Waals surface area (Å²) in [6.45, 7) is 4.59. The first-order chi connectivity index (χ1) is 31.0. The van der Waals surface area contributed by atoms with Gasteiger partial charge in [-0.3, -0.25) is 9.36 Å². The van der Waals surface area contributed by atoms with Crippen LogP contribution in [0.15, 0.2) is 36.5 Å². The fourth-order valence-corrected chi connectivity index (χ4v) is 8.72. The summed E-state index contributed by atoms with van der Waals surface area (Å²) in [6.07, 6.45) is 59.6. The zero-order valence-electron chi connectivity index (χ0n) is 43.0. The summed E-state index contributed by atoms with van der Waals surface area (Å²) in [5.74, 6) is -0.209. The number of hydrogen-bond donors (Lipinski definition) is 2. The molecule has 64 heavy (non-hydrogen) atoms. The van der Waals surface area contributed by atoms with E-state index in [0.717, 1.165) is 51.4 Å². The third-order valence-electron chi connectivity index (χ3n) is 12.3. The number of phosphoric ester groups is 1. The molecule has 0 aliphatic carbocycles. The van der Waals surface area contributed by atoms with Gasteiger partial charge < -0.3 is 28.8 Å². The summed E-state index contributed by atoms with van der Waals surface area (Å²) in [5, 5.41) is 13.8. The second kappa shape index (κ2) is 46.8. The molecule has 0 saturated heterocycles. The molecule has 0 rings (SSSR count). The van der Waals surface area contributed by atoms with Gasteiger partial charge in [-0.15, -0.1) is 0 Å². The zero-order chi connectivity index (χ0) is 47.1. The van der Waals surface area contributed by atoms with E-state index >= 15 is 0 Å². The molecule has 1 amide bonds. The number of quaternary nitrogens is 1. The average Bonchev–Trinajstić information content (AvgIpc) is 3.25. The maximum atomic E-state index is 12.9. The van der Waals surface area contributed by atoms with E-state index in [9.17, 15) is 19.4 Å². The monoisotopic (exact) mass is 923 g/mol. The highest BCUT2D eigenvalue weighted by Crippen LogP contribution is 2.38. The first kappa shape index (κ1) is 62.7. The number of aliphatic hydroxyl groups excluding tert-OH is 1. The normalized spacial score (nSPS) is 14.3. The summed E-state index contributed by atoms with van der Waals surface area (Å²) in [6, 6.07) is -0.906. The number of aliphatic hydroxyl groups is 1. The second-order valence-electron chi connectivity index (χ2n) is 19.9. The number of likely N-dealkylation sites (N-methyl/N-ethyl adjacent to an activating group) is 1. The molecule has 0 aliphatic heterocycles. The Morgan fingerprint density at radius 3 is 1.25 bits per heavy atom. The van der Waals surface area contributed by atoms with Crippen LogP contribution < -0.4 is 10.2 Å². The van der Waals surface area contributed by atoms with Crippen molar-refractivity contribution in [3.05, 3.63) is 36.5 Å². The molecular formula is C55H107N2O6P. The van der Waals surface area contributed by atoms with Crippen LogP contribution in [0.5, 0.6) is 0 Å². The topological polar surface area (TPSA) is 108 Å². The van der Waals surface area contributed by atoms with E-state index in [2.05, 4.69) is 43.5 Å². The Bertz CT molecular complexity index is 1140. The minimum atomic E-state index is -4.60. The van der Waals surface area contributed by atoms with Crippen molar-refractivity contribution in [3.63, 3.8) is 0 Å². The molecule has 0 aromatic heterocycles. The fraction of sp³-hybridized carbons (Fsp3) is 0.873. The second-order valence-corrected chi connectivity index (χ2v) is 21.3. The highest BCUT2D eigenvalue weighted by atomic mass is 31.2. The fourth-order valence-electron chi connectivity index (χ4n) is 8.00. The number of nitrogens with one attached hydrogen (secondary N) is 1. The summed E-state index contributed by atoms with van der Waals surface area (Å²) in [5.41, 5.74) is 0. The first-order valence-electron chi connectivity index (χ1n) is 27.4. The summed E-state index contributed by atoms with van der Waals surface area (Å²) in [4.78, 5) is 25.4. The predicted octanol–water partition coefficient (Wildman–Crippen LogP) is 15.6. The van der Waals surface area contributed by atoms with Crippen LogP contribution >= 0.6 is 7.82 Å². The third kappa shape index (κ3) is 48.6. The van der Waals surface area contributed by atoms with Gasteiger partial charge >= 0.3 is 0 Å². The molecule has 378 valence electrons. The van der Waals surface area contributed by atoms with Gasteiger partial charge in [-0.1, -0.05) is 249 Å². The molecule has 0 aromatic rings. The summed E-state index contributed by atoms with van der Waals surface area (Å²) in [7, 11) is 1.24. The first-order valence-corrected chi connectivity index (χ1v) is 28.8. The van der Waals surface area contributed by atoms with Crippen molar-refractivity contribution in [2.24, 2.45) is 0 Å². The smallest absolute Gasteiger partial charge is 0.268 e. The van der Waals surface area contributed by atoms with Crippen LogP contribution in [0.25, 0.3) is 0 Å². The maximum absolute atomic E-state index is 12.9. The SMILES string of the molecule is CCCC/C=C/CC/C=C/CC/C=C/C(O)C(COP(=O)([O-])OCC[N+](C)(C)C)NC(=O)CCCCCCCCCCCCCCCCCCCCCCCCCCCCCCCC. The molecular weight excluding hydrogens is 816 g/mol. The Labute approximate surface area is 397 Å². The van der Waals surface area contributed by atoms with Gasteiger partial charge in [0.1, 0.15) is 13.2 Å². The average molecular weight is 923 g/mol. The standard InChI is InChI=1S/C55H107N2O6P/c1-6-8-10-12-14-16-18-20-21-22-23-24-25-26-27-28-29-30-31-32-33-34-35-36-37-39-41-43-45-47-49-55(59)56-53(52-63-64(60,61)62-51-50-57(3,4)5)54(58)48-46-44-42-40-38-19-17-15-13-11-9-7-2/h13,15,38,40,46,48,53-54,58H,6-12,14,16-37,39,41-45,47,49-52H2,1-5H3,(H-,56,59,60,61)/b15-13+,40-38+,48-46+. The molecule has 0 radical (unpaired) electrons. The molecule has 0 bridgehead atoms. The highest BCUT2D eigenvalue weighted by molar-refractivity contribution is 7.45. The lowest BCUT2D eigenvalue weighted by Gasteiger charge is -2.29. The minimum Gasteiger partial charge on any atom is -0.756 e. The molecule has 8 nitrogen and oxygen atoms in total. The van der Waals surface area contributed by atoms with Gasteiger partial charge in [-0.25, -0.2) is 0 Å². The van der Waals surface area contributed by atoms with Gasteiger partial charge in [-0.2, -0.15) is 0 Å². The van der Waals surface area contributed by atoms with Crippen LogP contribution in [0.1, 0.15) is 258 Å². The Kier molecular flexibility index (Phi) is 45.9. The van der Waals surface area contributed by atoms with Crippen LogP contribution in [0.4, 0.5) is 0 Å². The number of carbonyl (C=O) groups is 1. The van der Waals surface area contributed by atoms with Crippen molar-refractivity contribution in [2.45, 2.75) is 270 Å². The number of phosphoric acid groups is 1. The Balaban J connectivity index is 4.04. The quantitative estimate of drug-likeness (QED) is 0.0272. The molecule has 0 heterocycles. The Morgan fingerprint density at radius 1 is 0.531 bits per heavy atom. The lowest BCUT2D eigenvalue weighted by atomic mass is 10.0. The Morgan fingerprint density at radius 2 is 0.875 bits per heavy atom. The van der Waals surface area contributed by atoms with Crippen LogP contribution in [-0.2, 0) is 18.4 Å². The predicted molar refractivity (Wildman–Crippen MR) is 275 cm³/mol. The molecule has 0 saturated carbocycles. The van der Waals surface area contributed by atoms with Crippen molar-refractivity contribution in [1.29, 1.82) is 0 Å². The van der Waals surface area contributed by atoms with Crippen LogP contribution in [0, 0.1) is 0 Å². The highest BCUT2D eigenvalue weighted by Gasteiger charge is 2.23. The van der Waals surface area contributed by atoms with E-state index in [-0.39, 0.29) is 12.5 Å². The van der Waals surface area contributed by atoms with Gasteiger partial charge in [0.05, 0.1) is 39.9 Å². The zero-order valence-corrected chi connectivity index (χ0v) is 43.9. The van der Waals surface area contributed by atoms with E-state index in [4.69, 9.17) is 9.05 Å². The molecule has 0 aromatic carbocycles. The largest absolute Gasteiger partial charge is 0.756 e. The van der Waals surface area contributed by atoms with Gasteiger partial charge in [-0.05, 0) is 38.5 Å². The molecule has 0 aliphatic rings. The third-order valence-corrected chi connectivity index (χ3v) is 13.3. The van der Waals surface area contributed by atoms with Crippen molar-refractivity contribution >= 4 is 13.7 Å². The van der Waals surface area contributed by atoms with Crippen LogP contribution in [-0.4, -0.2) is 68.5 Å². The molecule has 2 N–H and O–H groups in total. The van der Waals surface area contributed by atoms with E-state index in [1.807, 2.05) is 27.2 Å². The lowest BCUT2D eigenvalue weighted by Crippen LogP contribution is -2.45. The van der Waals surface area contributed by atoms with Crippen LogP contribution in [0.3, 0.4) is 0 Å². The van der Waals surface area contributed by atoms with Crippen molar-refractivity contribution in [2.75, 3.05) is 40.9 Å². The number of rotatable bonds is 50. The van der Waals surface area contributed by atoms with Gasteiger partial charge in [0.15, 0.2) is 0 Å². The number of allylic oxidation sites excluding steroid dienone is 5. The van der Waals surface area contributed by atoms with Crippen LogP contribution in [0.2, 0.25) is 0 Å². The van der Waals surface area contributed by atoms with E-state index in [1.165, 1.54) is 186 Å². The van der Waals surface area contributed by atoms with Crippen molar-refractivity contribution in [1.82, 2.24) is 5.32 Å². The number of carbonyl (C=O) groups excluding carboxylic acids is 1. The molecule has 3 atom stereocenters. The van der Waals surface area contributed by atoms with Crippen molar-refractivity contribution in [3.8, 4) is 0 Å². The summed E-state index contributed by atoms with van der Waals surface area (Å²) < 4.78 is 23.2. The van der Waals surface area contributed by atoms with Crippen molar-refractivity contribution < 1.29 is 32.9 Å². The number of amides is 1. The van der Waals surface area contributed by atoms with Gasteiger partial charge in [0.25, 0.3) is 7.82 Å². The lowest BCUT2D eigenvalue weighted by molar-refractivity contribution is -0.870. The molecule has 0 fully saturated rings. The number of nitrogens with zero attached hydrogens (tertiary/aromatic N) is 1. The van der Waals surface area contributed by atoms with Gasteiger partial charge in [0, 0.05) is 6.42 Å². The minimum absolute atomic E-state index is 0.00783. The molecule has 3 unspecified atom stereocenters. The van der Waals surface area contributed by atoms with E-state index in [0.29, 0.717) is 17.4 Å².